The standard InChI is InChI=1S/C27H29N5O2/c1-31(16-8-12-21-18-23(29-28-21)20-10-4-2-5-11-20)27(33)25-19-24(26-15-9-17-34-26)30-32(25)22-13-6-3-7-14-22/h2-7,9-11,13-15,17,19,21,23,28-29H,8,12,16,18H2,1H3. The molecule has 0 saturated carbocycles. The lowest BCUT2D eigenvalue weighted by Crippen LogP contribution is -2.33. The third kappa shape index (κ3) is 4.81. The van der Waals surface area contributed by atoms with Gasteiger partial charge in [0.05, 0.1) is 12.0 Å². The van der Waals surface area contributed by atoms with Gasteiger partial charge in [0.2, 0.25) is 0 Å². The van der Waals surface area contributed by atoms with Crippen LogP contribution in [-0.4, -0.2) is 40.2 Å². The maximum atomic E-state index is 13.4. The van der Waals surface area contributed by atoms with Crippen molar-refractivity contribution >= 4 is 5.91 Å². The molecular formula is C27H29N5O2. The number of rotatable bonds is 8. The predicted octanol–water partition coefficient (Wildman–Crippen LogP) is 4.59. The molecule has 3 heterocycles. The minimum Gasteiger partial charge on any atom is -0.463 e. The maximum absolute atomic E-state index is 13.4. The lowest BCUT2D eigenvalue weighted by molar-refractivity contribution is 0.0782. The Bertz CT molecular complexity index is 1200. The number of aromatic nitrogens is 2. The van der Waals surface area contributed by atoms with E-state index in [9.17, 15) is 4.79 Å². The lowest BCUT2D eigenvalue weighted by Gasteiger charge is -2.19. The Labute approximate surface area is 199 Å². The summed E-state index contributed by atoms with van der Waals surface area (Å²) in [6.07, 6.45) is 4.55. The molecule has 2 unspecified atom stereocenters. The molecule has 0 radical (unpaired) electrons. The van der Waals surface area contributed by atoms with E-state index in [1.807, 2.05) is 55.6 Å². The van der Waals surface area contributed by atoms with E-state index >= 15 is 0 Å². The van der Waals surface area contributed by atoms with Crippen molar-refractivity contribution in [3.05, 3.63) is 96.4 Å². The molecule has 2 aromatic carbocycles. The molecule has 174 valence electrons. The summed E-state index contributed by atoms with van der Waals surface area (Å²) < 4.78 is 7.21. The first-order chi connectivity index (χ1) is 16.7. The molecule has 2 aromatic heterocycles. The van der Waals surface area contributed by atoms with Gasteiger partial charge in [0.25, 0.3) is 5.91 Å². The van der Waals surface area contributed by atoms with E-state index in [1.54, 1.807) is 21.9 Å². The van der Waals surface area contributed by atoms with Crippen molar-refractivity contribution in [1.82, 2.24) is 25.5 Å². The first kappa shape index (κ1) is 22.1. The Morgan fingerprint density at radius 3 is 2.56 bits per heavy atom. The molecule has 0 spiro atoms. The topological polar surface area (TPSA) is 75.3 Å². The van der Waals surface area contributed by atoms with Crippen LogP contribution in [0.2, 0.25) is 0 Å². The van der Waals surface area contributed by atoms with Gasteiger partial charge in [-0.25, -0.2) is 4.68 Å². The number of hydrogen-bond donors (Lipinski definition) is 2. The molecule has 4 aromatic rings. The molecule has 0 aliphatic carbocycles. The largest absolute Gasteiger partial charge is 0.463 e. The zero-order valence-corrected chi connectivity index (χ0v) is 19.2. The number of hydrogen-bond acceptors (Lipinski definition) is 5. The van der Waals surface area contributed by atoms with Crippen molar-refractivity contribution in [1.29, 1.82) is 0 Å². The molecule has 5 rings (SSSR count). The van der Waals surface area contributed by atoms with E-state index < -0.39 is 0 Å². The van der Waals surface area contributed by atoms with Crippen LogP contribution in [0.1, 0.15) is 41.4 Å². The predicted molar refractivity (Wildman–Crippen MR) is 131 cm³/mol. The highest BCUT2D eigenvalue weighted by Crippen LogP contribution is 2.25. The van der Waals surface area contributed by atoms with Gasteiger partial charge in [-0.05, 0) is 49.1 Å². The average Bonchev–Trinajstić information content (AvgIpc) is 3.65. The molecule has 2 atom stereocenters. The van der Waals surface area contributed by atoms with Crippen molar-refractivity contribution in [3.8, 4) is 17.1 Å². The summed E-state index contributed by atoms with van der Waals surface area (Å²) in [6, 6.07) is 26.4. The van der Waals surface area contributed by atoms with Gasteiger partial charge in [0, 0.05) is 31.7 Å². The van der Waals surface area contributed by atoms with Crippen molar-refractivity contribution in [2.75, 3.05) is 13.6 Å². The molecule has 7 nitrogen and oxygen atoms in total. The van der Waals surface area contributed by atoms with Gasteiger partial charge in [-0.1, -0.05) is 48.5 Å². The van der Waals surface area contributed by atoms with Gasteiger partial charge >= 0.3 is 0 Å². The van der Waals surface area contributed by atoms with Crippen LogP contribution in [0.5, 0.6) is 0 Å². The fraction of sp³-hybridized carbons (Fsp3) is 0.259. The van der Waals surface area contributed by atoms with Gasteiger partial charge < -0.3 is 9.32 Å². The first-order valence-electron chi connectivity index (χ1n) is 11.7. The smallest absolute Gasteiger partial charge is 0.272 e. The zero-order chi connectivity index (χ0) is 23.3. The molecular weight excluding hydrogens is 426 g/mol. The monoisotopic (exact) mass is 455 g/mol. The second-order valence-electron chi connectivity index (χ2n) is 8.69. The molecule has 34 heavy (non-hydrogen) atoms. The van der Waals surface area contributed by atoms with E-state index in [2.05, 4.69) is 40.2 Å². The molecule has 1 saturated heterocycles. The van der Waals surface area contributed by atoms with Crippen LogP contribution in [0.15, 0.2) is 89.5 Å². The van der Waals surface area contributed by atoms with Crippen molar-refractivity contribution in [2.24, 2.45) is 0 Å². The molecule has 2 N–H and O–H groups in total. The minimum absolute atomic E-state index is 0.0613. The number of benzene rings is 2. The second kappa shape index (κ2) is 10.1. The highest BCUT2D eigenvalue weighted by atomic mass is 16.3. The normalized spacial score (nSPS) is 17.7. The molecule has 1 amide bonds. The fourth-order valence-electron chi connectivity index (χ4n) is 4.43. The quantitative estimate of drug-likeness (QED) is 0.406. The SMILES string of the molecule is CN(CCCC1CC(c2ccccc2)NN1)C(=O)c1cc(-c2ccco2)nn1-c1ccccc1. The van der Waals surface area contributed by atoms with Crippen LogP contribution in [0, 0.1) is 0 Å². The van der Waals surface area contributed by atoms with Crippen LogP contribution < -0.4 is 10.9 Å². The van der Waals surface area contributed by atoms with E-state index in [1.165, 1.54) is 5.56 Å². The van der Waals surface area contributed by atoms with Crippen molar-refractivity contribution in [2.45, 2.75) is 31.3 Å². The molecule has 1 fully saturated rings. The molecule has 7 heteroatoms. The van der Waals surface area contributed by atoms with Gasteiger partial charge in [0.1, 0.15) is 11.4 Å². The highest BCUT2D eigenvalue weighted by molar-refractivity contribution is 5.94. The number of hydrazine groups is 1. The number of nitrogens with zero attached hydrogens (tertiary/aromatic N) is 3. The minimum atomic E-state index is -0.0613. The van der Waals surface area contributed by atoms with E-state index in [4.69, 9.17) is 4.42 Å². The second-order valence-corrected chi connectivity index (χ2v) is 8.69. The van der Waals surface area contributed by atoms with Gasteiger partial charge in [-0.3, -0.25) is 15.6 Å². The van der Waals surface area contributed by atoms with Crippen LogP contribution in [0.25, 0.3) is 17.1 Å². The summed E-state index contributed by atoms with van der Waals surface area (Å²) in [7, 11) is 1.85. The number of furan rings is 1. The van der Waals surface area contributed by atoms with Crippen LogP contribution >= 0.6 is 0 Å². The maximum Gasteiger partial charge on any atom is 0.272 e. The van der Waals surface area contributed by atoms with Gasteiger partial charge in [-0.15, -0.1) is 0 Å². The summed E-state index contributed by atoms with van der Waals surface area (Å²) in [5.74, 6) is 0.577. The zero-order valence-electron chi connectivity index (χ0n) is 19.2. The summed E-state index contributed by atoms with van der Waals surface area (Å²) >= 11 is 0. The number of para-hydroxylation sites is 1. The molecule has 1 aliphatic heterocycles. The third-order valence-electron chi connectivity index (χ3n) is 6.28. The number of nitrogens with one attached hydrogen (secondary N) is 2. The Morgan fingerprint density at radius 2 is 1.82 bits per heavy atom. The van der Waals surface area contributed by atoms with Crippen LogP contribution in [0.3, 0.4) is 0 Å². The number of amides is 1. The van der Waals surface area contributed by atoms with Crippen LogP contribution in [0.4, 0.5) is 0 Å². The molecule has 1 aliphatic rings. The first-order valence-corrected chi connectivity index (χ1v) is 11.7. The lowest BCUT2D eigenvalue weighted by atomic mass is 10.00. The Balaban J connectivity index is 1.23. The van der Waals surface area contributed by atoms with Gasteiger partial charge in [0.15, 0.2) is 5.76 Å². The van der Waals surface area contributed by atoms with Crippen molar-refractivity contribution < 1.29 is 9.21 Å². The van der Waals surface area contributed by atoms with E-state index in [0.717, 1.165) is 24.9 Å². The Kier molecular flexibility index (Phi) is 6.56. The van der Waals surface area contributed by atoms with Gasteiger partial charge in [-0.2, -0.15) is 5.10 Å². The number of carbonyl (C=O) groups is 1. The number of carbonyl (C=O) groups excluding carboxylic acids is 1. The summed E-state index contributed by atoms with van der Waals surface area (Å²) in [4.78, 5) is 15.2. The van der Waals surface area contributed by atoms with Crippen molar-refractivity contribution in [3.63, 3.8) is 0 Å². The molecule has 0 bridgehead atoms. The average molecular weight is 456 g/mol. The Hall–Kier alpha value is -3.68. The van der Waals surface area contributed by atoms with Crippen LogP contribution in [-0.2, 0) is 0 Å². The van der Waals surface area contributed by atoms with E-state index in [0.29, 0.717) is 35.8 Å². The summed E-state index contributed by atoms with van der Waals surface area (Å²) in [5.41, 5.74) is 10.1. The third-order valence-corrected chi connectivity index (χ3v) is 6.28. The van der Waals surface area contributed by atoms with E-state index in [-0.39, 0.29) is 5.91 Å². The Morgan fingerprint density at radius 1 is 1.06 bits per heavy atom. The summed E-state index contributed by atoms with van der Waals surface area (Å²) in [6.45, 7) is 0.670. The fourth-order valence-corrected chi connectivity index (χ4v) is 4.43. The summed E-state index contributed by atoms with van der Waals surface area (Å²) in [5, 5.41) is 4.66. The highest BCUT2D eigenvalue weighted by Gasteiger charge is 2.25.